The summed E-state index contributed by atoms with van der Waals surface area (Å²) in [6, 6.07) is 0. The van der Waals surface area contributed by atoms with E-state index >= 15 is 0 Å². The number of nitrogens with one attached hydrogen (secondary N) is 1. The molecule has 1 amide bonds. The first kappa shape index (κ1) is 16.0. The van der Waals surface area contributed by atoms with E-state index in [2.05, 4.69) is 5.32 Å². The maximum atomic E-state index is 11.8. The van der Waals surface area contributed by atoms with Crippen LogP contribution in [0.4, 0.5) is 0 Å². The summed E-state index contributed by atoms with van der Waals surface area (Å²) in [6.07, 6.45) is 3.67. The zero-order chi connectivity index (χ0) is 14.7. The number of hydrogen-bond donors (Lipinski definition) is 3. The van der Waals surface area contributed by atoms with Crippen LogP contribution >= 0.6 is 0 Å². The Kier molecular flexibility index (Phi) is 4.96. The molecule has 0 radical (unpaired) electrons. The molecule has 1 atom stereocenters. The minimum Gasteiger partial charge on any atom is -0.481 e. The minimum atomic E-state index is -0.860. The number of carbonyl (C=O) groups is 2. The summed E-state index contributed by atoms with van der Waals surface area (Å²) in [4.78, 5) is 22.9. The summed E-state index contributed by atoms with van der Waals surface area (Å²) < 4.78 is 0. The van der Waals surface area contributed by atoms with Crippen LogP contribution in [0.25, 0.3) is 0 Å². The highest BCUT2D eigenvalue weighted by Gasteiger charge is 2.35. The van der Waals surface area contributed by atoms with E-state index in [4.69, 9.17) is 10.8 Å². The van der Waals surface area contributed by atoms with Crippen molar-refractivity contribution in [2.45, 2.75) is 58.4 Å². The fourth-order valence-corrected chi connectivity index (χ4v) is 2.41. The van der Waals surface area contributed by atoms with Gasteiger partial charge in [-0.15, -0.1) is 0 Å². The number of aliphatic carboxylic acids is 1. The lowest BCUT2D eigenvalue weighted by molar-refractivity contribution is -0.142. The van der Waals surface area contributed by atoms with Crippen molar-refractivity contribution in [3.8, 4) is 0 Å². The van der Waals surface area contributed by atoms with Crippen LogP contribution in [0, 0.1) is 11.3 Å². The van der Waals surface area contributed by atoms with Crippen molar-refractivity contribution in [3.63, 3.8) is 0 Å². The van der Waals surface area contributed by atoms with E-state index < -0.39 is 11.9 Å². The van der Waals surface area contributed by atoms with Gasteiger partial charge in [0.1, 0.15) is 0 Å². The maximum Gasteiger partial charge on any atom is 0.308 e. The topological polar surface area (TPSA) is 92.4 Å². The first-order chi connectivity index (χ1) is 8.61. The first-order valence-corrected chi connectivity index (χ1v) is 6.90. The Balaban J connectivity index is 2.39. The first-order valence-electron chi connectivity index (χ1n) is 6.90. The van der Waals surface area contributed by atoms with Crippen molar-refractivity contribution < 1.29 is 14.7 Å². The molecule has 1 saturated carbocycles. The van der Waals surface area contributed by atoms with Crippen LogP contribution in [0.3, 0.4) is 0 Å². The molecule has 1 unspecified atom stereocenters. The molecule has 4 N–H and O–H groups in total. The predicted octanol–water partition coefficient (Wildman–Crippen LogP) is 1.51. The number of hydrogen-bond acceptors (Lipinski definition) is 3. The molecule has 19 heavy (non-hydrogen) atoms. The van der Waals surface area contributed by atoms with Gasteiger partial charge in [0.2, 0.25) is 5.91 Å². The monoisotopic (exact) mass is 270 g/mol. The van der Waals surface area contributed by atoms with Gasteiger partial charge >= 0.3 is 5.97 Å². The molecule has 0 aromatic carbocycles. The van der Waals surface area contributed by atoms with E-state index in [-0.39, 0.29) is 23.4 Å². The van der Waals surface area contributed by atoms with Crippen LogP contribution in [-0.4, -0.2) is 29.1 Å². The number of amides is 1. The Morgan fingerprint density at radius 2 is 1.95 bits per heavy atom. The van der Waals surface area contributed by atoms with Gasteiger partial charge in [0.15, 0.2) is 0 Å². The maximum absolute atomic E-state index is 11.8. The molecule has 0 bridgehead atoms. The highest BCUT2D eigenvalue weighted by Crippen LogP contribution is 2.32. The lowest BCUT2D eigenvalue weighted by Gasteiger charge is -2.37. The van der Waals surface area contributed by atoms with Crippen LogP contribution in [0.15, 0.2) is 0 Å². The van der Waals surface area contributed by atoms with Crippen molar-refractivity contribution in [3.05, 3.63) is 0 Å². The molecular weight excluding hydrogens is 244 g/mol. The highest BCUT2D eigenvalue weighted by molar-refractivity contribution is 5.78. The van der Waals surface area contributed by atoms with Crippen LogP contribution < -0.4 is 11.1 Å². The largest absolute Gasteiger partial charge is 0.481 e. The molecule has 0 aromatic heterocycles. The zero-order valence-corrected chi connectivity index (χ0v) is 12.2. The predicted molar refractivity (Wildman–Crippen MR) is 73.6 cm³/mol. The fourth-order valence-electron chi connectivity index (χ4n) is 2.41. The molecule has 0 saturated heterocycles. The van der Waals surface area contributed by atoms with E-state index in [0.717, 1.165) is 19.3 Å². The second-order valence-corrected chi connectivity index (χ2v) is 7.00. The van der Waals surface area contributed by atoms with Gasteiger partial charge in [-0.25, -0.2) is 0 Å². The molecule has 1 fully saturated rings. The Bertz CT molecular complexity index is 343. The van der Waals surface area contributed by atoms with Gasteiger partial charge in [-0.3, -0.25) is 9.59 Å². The average Bonchev–Trinajstić information content (AvgIpc) is 2.20. The molecule has 1 aliphatic rings. The van der Waals surface area contributed by atoms with Crippen molar-refractivity contribution in [2.75, 3.05) is 6.54 Å². The van der Waals surface area contributed by atoms with E-state index in [0.29, 0.717) is 12.8 Å². The summed E-state index contributed by atoms with van der Waals surface area (Å²) in [6.45, 7) is 6.16. The van der Waals surface area contributed by atoms with Gasteiger partial charge in [-0.1, -0.05) is 20.8 Å². The second kappa shape index (κ2) is 5.90. The second-order valence-electron chi connectivity index (χ2n) is 7.00. The SMILES string of the molecule is CC(C)(C)CC(CNC(=O)CC1(N)CCC1)C(=O)O. The third-order valence-electron chi connectivity index (χ3n) is 3.62. The summed E-state index contributed by atoms with van der Waals surface area (Å²) in [5, 5.41) is 11.9. The lowest BCUT2D eigenvalue weighted by atomic mass is 9.75. The summed E-state index contributed by atoms with van der Waals surface area (Å²) >= 11 is 0. The van der Waals surface area contributed by atoms with Crippen LogP contribution in [0.2, 0.25) is 0 Å². The van der Waals surface area contributed by atoms with Gasteiger partial charge in [0, 0.05) is 18.5 Å². The van der Waals surface area contributed by atoms with Gasteiger partial charge in [-0.2, -0.15) is 0 Å². The van der Waals surface area contributed by atoms with Crippen molar-refractivity contribution in [1.82, 2.24) is 5.32 Å². The van der Waals surface area contributed by atoms with Crippen molar-refractivity contribution in [1.29, 1.82) is 0 Å². The highest BCUT2D eigenvalue weighted by atomic mass is 16.4. The third-order valence-corrected chi connectivity index (χ3v) is 3.62. The summed E-state index contributed by atoms with van der Waals surface area (Å²) in [7, 11) is 0. The van der Waals surface area contributed by atoms with E-state index in [1.54, 1.807) is 0 Å². The average molecular weight is 270 g/mol. The minimum absolute atomic E-state index is 0.0726. The summed E-state index contributed by atoms with van der Waals surface area (Å²) in [5.41, 5.74) is 5.57. The van der Waals surface area contributed by atoms with E-state index in [9.17, 15) is 9.59 Å². The Morgan fingerprint density at radius 1 is 1.37 bits per heavy atom. The van der Waals surface area contributed by atoms with Gasteiger partial charge < -0.3 is 16.2 Å². The van der Waals surface area contributed by atoms with E-state index in [1.807, 2.05) is 20.8 Å². The smallest absolute Gasteiger partial charge is 0.308 e. The van der Waals surface area contributed by atoms with E-state index in [1.165, 1.54) is 0 Å². The van der Waals surface area contributed by atoms with Crippen LogP contribution in [0.5, 0.6) is 0 Å². The number of carboxylic acid groups (broad SMARTS) is 1. The molecule has 5 nitrogen and oxygen atoms in total. The molecule has 0 spiro atoms. The van der Waals surface area contributed by atoms with Gasteiger partial charge in [0.25, 0.3) is 0 Å². The van der Waals surface area contributed by atoms with Crippen LogP contribution in [0.1, 0.15) is 52.9 Å². The quantitative estimate of drug-likeness (QED) is 0.682. The molecule has 0 heterocycles. The van der Waals surface area contributed by atoms with Gasteiger partial charge in [-0.05, 0) is 31.1 Å². The Labute approximate surface area is 114 Å². The lowest BCUT2D eigenvalue weighted by Crippen LogP contribution is -2.50. The molecule has 5 heteroatoms. The number of carboxylic acids is 1. The normalized spacial score (nSPS) is 19.4. The Morgan fingerprint density at radius 3 is 2.32 bits per heavy atom. The molecule has 110 valence electrons. The molecule has 0 aromatic rings. The number of rotatable bonds is 6. The zero-order valence-electron chi connectivity index (χ0n) is 12.2. The molecule has 1 aliphatic carbocycles. The standard InChI is InChI=1S/C14H26N2O3/c1-13(2,3)7-10(12(18)19)9-16-11(17)8-14(15)5-4-6-14/h10H,4-9,15H2,1-3H3,(H,16,17)(H,18,19). The van der Waals surface area contributed by atoms with Gasteiger partial charge in [0.05, 0.1) is 5.92 Å². The van der Waals surface area contributed by atoms with Crippen molar-refractivity contribution in [2.24, 2.45) is 17.1 Å². The molecular formula is C14H26N2O3. The number of nitrogens with two attached hydrogens (primary N) is 1. The Hall–Kier alpha value is -1.10. The molecule has 0 aliphatic heterocycles. The fraction of sp³-hybridized carbons (Fsp3) is 0.857. The van der Waals surface area contributed by atoms with Crippen LogP contribution in [-0.2, 0) is 9.59 Å². The van der Waals surface area contributed by atoms with Crippen molar-refractivity contribution >= 4 is 11.9 Å². The third kappa shape index (κ3) is 5.59. The number of carbonyl (C=O) groups excluding carboxylic acids is 1. The molecule has 1 rings (SSSR count). The summed E-state index contributed by atoms with van der Waals surface area (Å²) in [5.74, 6) is -1.54.